The molecular formula is C63H46. The first-order valence-corrected chi connectivity index (χ1v) is 22.0. The zero-order valence-electron chi connectivity index (χ0n) is 35.9. The third-order valence-electron chi connectivity index (χ3n) is 12.9. The van der Waals surface area contributed by atoms with E-state index < -0.39 is 0 Å². The van der Waals surface area contributed by atoms with Crippen LogP contribution in [0.4, 0.5) is 0 Å². The van der Waals surface area contributed by atoms with Crippen LogP contribution in [0.25, 0.3) is 110 Å². The fraction of sp³-hybridized carbons (Fsp3) is 0.0476. The van der Waals surface area contributed by atoms with Crippen molar-refractivity contribution in [3.8, 4) is 77.9 Å². The zero-order valence-corrected chi connectivity index (χ0v) is 35.9. The molecule has 63 heavy (non-hydrogen) atoms. The van der Waals surface area contributed by atoms with Gasteiger partial charge in [-0.1, -0.05) is 200 Å². The van der Waals surface area contributed by atoms with Gasteiger partial charge >= 0.3 is 0 Å². The second kappa shape index (κ2) is 15.9. The quantitative estimate of drug-likeness (QED) is 0.141. The van der Waals surface area contributed by atoms with Crippen molar-refractivity contribution in [1.29, 1.82) is 0 Å². The van der Waals surface area contributed by atoms with Gasteiger partial charge in [-0.05, 0) is 172 Å². The van der Waals surface area contributed by atoms with Crippen molar-refractivity contribution < 1.29 is 0 Å². The molecule has 0 bridgehead atoms. The number of rotatable bonds is 7. The molecule has 0 unspecified atom stereocenters. The van der Waals surface area contributed by atoms with Crippen LogP contribution in [-0.2, 0) is 0 Å². The molecule has 11 rings (SSSR count). The summed E-state index contributed by atoms with van der Waals surface area (Å²) >= 11 is 0. The van der Waals surface area contributed by atoms with E-state index in [4.69, 9.17) is 0 Å². The van der Waals surface area contributed by atoms with Gasteiger partial charge in [0.25, 0.3) is 0 Å². The second-order valence-electron chi connectivity index (χ2n) is 17.0. The lowest BCUT2D eigenvalue weighted by atomic mass is 9.81. The third-order valence-corrected chi connectivity index (χ3v) is 12.9. The summed E-state index contributed by atoms with van der Waals surface area (Å²) in [5.74, 6) is 0. The van der Waals surface area contributed by atoms with Gasteiger partial charge in [0.05, 0.1) is 0 Å². The topological polar surface area (TPSA) is 0 Å². The van der Waals surface area contributed by atoms with Crippen molar-refractivity contribution in [2.45, 2.75) is 20.8 Å². The molecule has 0 heterocycles. The Morgan fingerprint density at radius 3 is 1.25 bits per heavy atom. The number of fused-ring (bicyclic) bond motifs is 3. The van der Waals surface area contributed by atoms with Crippen LogP contribution in [0.3, 0.4) is 0 Å². The van der Waals surface area contributed by atoms with Crippen LogP contribution in [0.2, 0.25) is 0 Å². The van der Waals surface area contributed by atoms with E-state index in [0.29, 0.717) is 0 Å². The summed E-state index contributed by atoms with van der Waals surface area (Å²) in [5.41, 5.74) is 21.0. The molecule has 0 fully saturated rings. The maximum Gasteiger partial charge on any atom is -0.00262 e. The fourth-order valence-electron chi connectivity index (χ4n) is 10.2. The Kier molecular flexibility index (Phi) is 9.63. The van der Waals surface area contributed by atoms with E-state index in [1.807, 2.05) is 0 Å². The second-order valence-corrected chi connectivity index (χ2v) is 17.0. The Morgan fingerprint density at radius 2 is 0.651 bits per heavy atom. The van der Waals surface area contributed by atoms with Crippen molar-refractivity contribution in [3.63, 3.8) is 0 Å². The first-order chi connectivity index (χ1) is 31.0. The molecule has 11 aromatic carbocycles. The first kappa shape index (κ1) is 38.1. The smallest absolute Gasteiger partial charge is 0.00262 e. The summed E-state index contributed by atoms with van der Waals surface area (Å²) in [6, 6.07) is 83.2. The van der Waals surface area contributed by atoms with Crippen molar-refractivity contribution in [2.24, 2.45) is 0 Å². The normalized spacial score (nSPS) is 11.4. The summed E-state index contributed by atoms with van der Waals surface area (Å²) in [6.45, 7) is 6.70. The number of hydrogen-bond acceptors (Lipinski definition) is 0. The molecule has 0 saturated carbocycles. The Hall–Kier alpha value is -7.80. The van der Waals surface area contributed by atoms with E-state index in [9.17, 15) is 0 Å². The number of benzene rings is 11. The minimum Gasteiger partial charge on any atom is -0.0622 e. The molecule has 0 aromatic heterocycles. The monoisotopic (exact) mass is 802 g/mol. The van der Waals surface area contributed by atoms with E-state index >= 15 is 0 Å². The molecule has 0 aliphatic rings. The van der Waals surface area contributed by atoms with Crippen LogP contribution >= 0.6 is 0 Å². The van der Waals surface area contributed by atoms with Crippen LogP contribution in [0, 0.1) is 20.8 Å². The molecule has 298 valence electrons. The Balaban J connectivity index is 1.19. The Labute approximate surface area is 370 Å². The van der Waals surface area contributed by atoms with Gasteiger partial charge < -0.3 is 0 Å². The van der Waals surface area contributed by atoms with Gasteiger partial charge in [-0.2, -0.15) is 0 Å². The molecule has 0 aliphatic heterocycles. The molecule has 0 spiro atoms. The van der Waals surface area contributed by atoms with Gasteiger partial charge in [-0.15, -0.1) is 0 Å². The van der Waals surface area contributed by atoms with Crippen LogP contribution in [-0.4, -0.2) is 0 Å². The predicted octanol–water partition coefficient (Wildman–Crippen LogP) is 17.7. The largest absolute Gasteiger partial charge is 0.0622 e. The molecule has 0 radical (unpaired) electrons. The molecule has 0 atom stereocenters. The molecule has 0 N–H and O–H groups in total. The zero-order chi connectivity index (χ0) is 42.4. The standard InChI is InChI=1S/C63H46/c1-41-34-42(2)60(43(3)35-41)53-39-58(46-21-8-5-9-22-46)63(59(40-53)49-25-16-24-48(36-49)44-18-6-4-7-19-44)51-27-17-26-50(38-51)61-54-28-12-14-30-56(54)62(57-31-15-13-29-55(57)61)52-33-32-45-20-10-11-23-47(45)37-52/h4-40H,1-3H3. The highest BCUT2D eigenvalue weighted by Crippen LogP contribution is 2.48. The van der Waals surface area contributed by atoms with E-state index in [0.717, 1.165) is 0 Å². The minimum absolute atomic E-state index is 1.18. The van der Waals surface area contributed by atoms with Crippen LogP contribution in [0.15, 0.2) is 224 Å². The van der Waals surface area contributed by atoms with Gasteiger partial charge in [-0.3, -0.25) is 0 Å². The van der Waals surface area contributed by atoms with Gasteiger partial charge in [0.2, 0.25) is 0 Å². The number of hydrogen-bond donors (Lipinski definition) is 0. The highest BCUT2D eigenvalue weighted by molar-refractivity contribution is 6.22. The first-order valence-electron chi connectivity index (χ1n) is 22.0. The van der Waals surface area contributed by atoms with Crippen molar-refractivity contribution in [3.05, 3.63) is 241 Å². The van der Waals surface area contributed by atoms with E-state index in [1.54, 1.807) is 0 Å². The lowest BCUT2D eigenvalue weighted by Crippen LogP contribution is -1.96. The lowest BCUT2D eigenvalue weighted by molar-refractivity contribution is 1.32. The third kappa shape index (κ3) is 6.91. The highest BCUT2D eigenvalue weighted by Gasteiger charge is 2.22. The Morgan fingerprint density at radius 1 is 0.222 bits per heavy atom. The number of aryl methyl sites for hydroxylation is 3. The van der Waals surface area contributed by atoms with E-state index in [-0.39, 0.29) is 0 Å². The van der Waals surface area contributed by atoms with Crippen LogP contribution in [0.1, 0.15) is 16.7 Å². The lowest BCUT2D eigenvalue weighted by Gasteiger charge is -2.22. The summed E-state index contributed by atoms with van der Waals surface area (Å²) in [4.78, 5) is 0. The summed E-state index contributed by atoms with van der Waals surface area (Å²) < 4.78 is 0. The Bertz CT molecular complexity index is 3440. The van der Waals surface area contributed by atoms with Crippen LogP contribution in [0.5, 0.6) is 0 Å². The molecule has 0 heteroatoms. The maximum atomic E-state index is 2.45. The fourth-order valence-corrected chi connectivity index (χ4v) is 10.2. The molecule has 0 amide bonds. The van der Waals surface area contributed by atoms with Gasteiger partial charge in [0.1, 0.15) is 0 Å². The van der Waals surface area contributed by atoms with Crippen molar-refractivity contribution >= 4 is 32.3 Å². The molecule has 0 saturated heterocycles. The maximum absolute atomic E-state index is 2.45. The van der Waals surface area contributed by atoms with E-state index in [2.05, 4.69) is 245 Å². The van der Waals surface area contributed by atoms with Gasteiger partial charge in [0.15, 0.2) is 0 Å². The molecule has 0 nitrogen and oxygen atoms in total. The van der Waals surface area contributed by atoms with Crippen molar-refractivity contribution in [1.82, 2.24) is 0 Å². The van der Waals surface area contributed by atoms with Crippen molar-refractivity contribution in [2.75, 3.05) is 0 Å². The van der Waals surface area contributed by atoms with Gasteiger partial charge in [0, 0.05) is 0 Å². The SMILES string of the molecule is Cc1cc(C)c(-c2cc(-c3ccccc3)c(-c3cccc(-c4c5ccccc5c(-c5ccc6ccccc6c5)c5ccccc45)c3)c(-c3cccc(-c4ccccc4)c3)c2)c(C)c1. The van der Waals surface area contributed by atoms with E-state index in [1.165, 1.54) is 127 Å². The molecule has 11 aromatic rings. The average molecular weight is 803 g/mol. The summed E-state index contributed by atoms with van der Waals surface area (Å²) in [6.07, 6.45) is 0. The highest BCUT2D eigenvalue weighted by atomic mass is 14.2. The van der Waals surface area contributed by atoms with Gasteiger partial charge in [-0.25, -0.2) is 0 Å². The van der Waals surface area contributed by atoms with Crippen LogP contribution < -0.4 is 0 Å². The average Bonchev–Trinajstić information content (AvgIpc) is 3.33. The minimum atomic E-state index is 1.18. The summed E-state index contributed by atoms with van der Waals surface area (Å²) in [5, 5.41) is 7.50. The molecule has 0 aliphatic carbocycles. The predicted molar refractivity (Wildman–Crippen MR) is 271 cm³/mol. The summed E-state index contributed by atoms with van der Waals surface area (Å²) in [7, 11) is 0. The molecular weight excluding hydrogens is 757 g/mol.